The summed E-state index contributed by atoms with van der Waals surface area (Å²) in [7, 11) is 0. The molecule has 60 valence electrons. The van der Waals surface area contributed by atoms with Crippen molar-refractivity contribution >= 4 is 41.6 Å². The Labute approximate surface area is 75.1 Å². The molecule has 0 aliphatic heterocycles. The van der Waals surface area contributed by atoms with Gasteiger partial charge < -0.3 is 4.79 Å². The number of thioether (sulfide) groups is 3. The predicted octanol–water partition coefficient (Wildman–Crippen LogP) is 1.97. The Morgan fingerprint density at radius 1 is 1.30 bits per heavy atom. The molecule has 0 aromatic heterocycles. The quantitative estimate of drug-likeness (QED) is 0.494. The van der Waals surface area contributed by atoms with Gasteiger partial charge in [0.15, 0.2) is 0 Å². The molecule has 0 N–H and O–H groups in total. The number of carbonyl (C=O) groups excluding carboxylic acids is 1. The number of carbonyl (C=O) groups is 1. The summed E-state index contributed by atoms with van der Waals surface area (Å²) in [5.74, 6) is 0.888. The van der Waals surface area contributed by atoms with Crippen LogP contribution >= 0.6 is 35.3 Å². The van der Waals surface area contributed by atoms with Gasteiger partial charge in [-0.2, -0.15) is 11.8 Å². The SMILES string of the molecule is CSCC(C=O)(SC)SC. The maximum absolute atomic E-state index is 10.6. The zero-order valence-corrected chi connectivity index (χ0v) is 8.87. The number of hydrogen-bond donors (Lipinski definition) is 0. The Morgan fingerprint density at radius 3 is 1.90 bits per heavy atom. The molecule has 0 atom stereocenters. The normalized spacial score (nSPS) is 11.5. The Balaban J connectivity index is 4.00. The third kappa shape index (κ3) is 2.76. The van der Waals surface area contributed by atoms with Gasteiger partial charge in [0, 0.05) is 5.75 Å². The minimum atomic E-state index is -0.209. The monoisotopic (exact) mass is 196 g/mol. The molecule has 0 fully saturated rings. The first-order valence-electron chi connectivity index (χ1n) is 2.80. The number of rotatable bonds is 5. The standard InChI is InChI=1S/C6H12OS3/c1-8-5-6(4-7,9-2)10-3/h4H,5H2,1-3H3. The van der Waals surface area contributed by atoms with Gasteiger partial charge in [0.2, 0.25) is 0 Å². The van der Waals surface area contributed by atoms with Crippen LogP contribution in [0.15, 0.2) is 0 Å². The van der Waals surface area contributed by atoms with E-state index in [0.717, 1.165) is 12.0 Å². The molecule has 0 bridgehead atoms. The number of aldehydes is 1. The molecular weight excluding hydrogens is 184 g/mol. The summed E-state index contributed by atoms with van der Waals surface area (Å²) in [5, 5.41) is 0. The summed E-state index contributed by atoms with van der Waals surface area (Å²) < 4.78 is -0.209. The van der Waals surface area contributed by atoms with Crippen molar-refractivity contribution in [3.63, 3.8) is 0 Å². The van der Waals surface area contributed by atoms with Crippen LogP contribution in [0.4, 0.5) is 0 Å². The van der Waals surface area contributed by atoms with Crippen molar-refractivity contribution in [2.75, 3.05) is 24.5 Å². The van der Waals surface area contributed by atoms with Crippen molar-refractivity contribution in [2.24, 2.45) is 0 Å². The molecule has 0 aromatic rings. The largest absolute Gasteiger partial charge is 0.301 e. The van der Waals surface area contributed by atoms with Crippen LogP contribution in [0.1, 0.15) is 0 Å². The molecule has 4 heteroatoms. The second kappa shape index (κ2) is 5.38. The van der Waals surface area contributed by atoms with Crippen molar-refractivity contribution in [2.45, 2.75) is 4.08 Å². The fourth-order valence-corrected chi connectivity index (χ4v) is 3.51. The minimum absolute atomic E-state index is 0.209. The maximum Gasteiger partial charge on any atom is 0.146 e. The summed E-state index contributed by atoms with van der Waals surface area (Å²) in [6.45, 7) is 0. The van der Waals surface area contributed by atoms with E-state index < -0.39 is 0 Å². The van der Waals surface area contributed by atoms with Crippen LogP contribution in [0.5, 0.6) is 0 Å². The van der Waals surface area contributed by atoms with Gasteiger partial charge in [0.25, 0.3) is 0 Å². The Kier molecular flexibility index (Phi) is 5.77. The molecule has 0 amide bonds. The van der Waals surface area contributed by atoms with Gasteiger partial charge in [-0.1, -0.05) is 0 Å². The molecule has 0 radical (unpaired) electrons. The van der Waals surface area contributed by atoms with Crippen LogP contribution in [-0.4, -0.2) is 34.9 Å². The smallest absolute Gasteiger partial charge is 0.146 e. The van der Waals surface area contributed by atoms with E-state index in [1.807, 2.05) is 18.8 Å². The van der Waals surface area contributed by atoms with Crippen LogP contribution in [0, 0.1) is 0 Å². The van der Waals surface area contributed by atoms with Crippen molar-refractivity contribution in [1.29, 1.82) is 0 Å². The van der Waals surface area contributed by atoms with E-state index in [1.54, 1.807) is 35.3 Å². The first-order valence-corrected chi connectivity index (χ1v) is 6.64. The molecule has 0 heterocycles. The predicted molar refractivity (Wildman–Crippen MR) is 54.2 cm³/mol. The minimum Gasteiger partial charge on any atom is -0.301 e. The average molecular weight is 196 g/mol. The molecule has 0 spiro atoms. The fourth-order valence-electron chi connectivity index (χ4n) is 0.533. The Bertz CT molecular complexity index is 101. The lowest BCUT2D eigenvalue weighted by molar-refractivity contribution is -0.107. The van der Waals surface area contributed by atoms with Crippen molar-refractivity contribution in [3.8, 4) is 0 Å². The molecule has 0 saturated carbocycles. The van der Waals surface area contributed by atoms with Crippen molar-refractivity contribution in [3.05, 3.63) is 0 Å². The summed E-state index contributed by atoms with van der Waals surface area (Å²) in [6, 6.07) is 0. The second-order valence-corrected chi connectivity index (χ2v) is 5.17. The van der Waals surface area contributed by atoms with Gasteiger partial charge in [-0.15, -0.1) is 23.5 Å². The zero-order chi connectivity index (χ0) is 8.04. The molecule has 0 saturated heterocycles. The average Bonchev–Trinajstić information content (AvgIpc) is 2.01. The number of hydrogen-bond acceptors (Lipinski definition) is 4. The van der Waals surface area contributed by atoms with Gasteiger partial charge in [-0.05, 0) is 18.8 Å². The van der Waals surface area contributed by atoms with Gasteiger partial charge in [-0.3, -0.25) is 0 Å². The molecular formula is C6H12OS3. The highest BCUT2D eigenvalue weighted by atomic mass is 32.2. The molecule has 0 aromatic carbocycles. The van der Waals surface area contributed by atoms with Gasteiger partial charge in [-0.25, -0.2) is 0 Å². The Hall–Kier alpha value is 0.720. The highest BCUT2D eigenvalue weighted by molar-refractivity contribution is 8.19. The summed E-state index contributed by atoms with van der Waals surface area (Å²) >= 11 is 4.94. The van der Waals surface area contributed by atoms with Crippen LogP contribution in [-0.2, 0) is 4.79 Å². The van der Waals surface area contributed by atoms with Crippen molar-refractivity contribution in [1.82, 2.24) is 0 Å². The first kappa shape index (κ1) is 10.7. The van der Waals surface area contributed by atoms with Gasteiger partial charge in [0.05, 0.1) is 0 Å². The lowest BCUT2D eigenvalue weighted by atomic mass is 10.5. The fraction of sp³-hybridized carbons (Fsp3) is 0.833. The van der Waals surface area contributed by atoms with E-state index in [0.29, 0.717) is 0 Å². The highest BCUT2D eigenvalue weighted by Crippen LogP contribution is 2.34. The maximum atomic E-state index is 10.6. The van der Waals surface area contributed by atoms with E-state index in [9.17, 15) is 4.79 Å². The van der Waals surface area contributed by atoms with E-state index in [2.05, 4.69) is 0 Å². The summed E-state index contributed by atoms with van der Waals surface area (Å²) in [4.78, 5) is 10.6. The van der Waals surface area contributed by atoms with E-state index in [-0.39, 0.29) is 4.08 Å². The lowest BCUT2D eigenvalue weighted by Gasteiger charge is -2.21. The van der Waals surface area contributed by atoms with E-state index >= 15 is 0 Å². The Morgan fingerprint density at radius 2 is 1.80 bits per heavy atom. The van der Waals surface area contributed by atoms with Crippen LogP contribution in [0.2, 0.25) is 0 Å². The molecule has 0 aliphatic carbocycles. The van der Waals surface area contributed by atoms with Crippen LogP contribution in [0.25, 0.3) is 0 Å². The molecule has 0 unspecified atom stereocenters. The molecule has 1 nitrogen and oxygen atoms in total. The van der Waals surface area contributed by atoms with E-state index in [4.69, 9.17) is 0 Å². The van der Waals surface area contributed by atoms with Gasteiger partial charge in [0.1, 0.15) is 10.4 Å². The lowest BCUT2D eigenvalue weighted by Crippen LogP contribution is -2.24. The molecule has 10 heavy (non-hydrogen) atoms. The molecule has 0 aliphatic rings. The topological polar surface area (TPSA) is 17.1 Å². The first-order chi connectivity index (χ1) is 4.74. The van der Waals surface area contributed by atoms with Crippen LogP contribution < -0.4 is 0 Å². The second-order valence-electron chi connectivity index (χ2n) is 1.77. The van der Waals surface area contributed by atoms with Gasteiger partial charge >= 0.3 is 0 Å². The molecule has 0 rings (SSSR count). The summed E-state index contributed by atoms with van der Waals surface area (Å²) in [5.41, 5.74) is 0. The van der Waals surface area contributed by atoms with Crippen molar-refractivity contribution < 1.29 is 4.79 Å². The third-order valence-electron chi connectivity index (χ3n) is 1.22. The zero-order valence-electron chi connectivity index (χ0n) is 6.42. The van der Waals surface area contributed by atoms with E-state index in [1.165, 1.54) is 0 Å². The summed E-state index contributed by atoms with van der Waals surface area (Å²) in [6.07, 6.45) is 7.01. The van der Waals surface area contributed by atoms with Crippen LogP contribution in [0.3, 0.4) is 0 Å². The highest BCUT2D eigenvalue weighted by Gasteiger charge is 2.26. The third-order valence-corrected chi connectivity index (χ3v) is 5.19.